The molecule has 0 saturated heterocycles. The average Bonchev–Trinajstić information content (AvgIpc) is 2.70. The first-order valence-electron chi connectivity index (χ1n) is 7.27. The highest BCUT2D eigenvalue weighted by Crippen LogP contribution is 2.38. The van der Waals surface area contributed by atoms with E-state index >= 15 is 0 Å². The Hall–Kier alpha value is -1.09. The van der Waals surface area contributed by atoms with Crippen LogP contribution in [0, 0.1) is 11.7 Å². The Morgan fingerprint density at radius 1 is 1.21 bits per heavy atom. The van der Waals surface area contributed by atoms with Crippen LogP contribution in [0.3, 0.4) is 0 Å². The molecule has 1 saturated carbocycles. The van der Waals surface area contributed by atoms with Crippen molar-refractivity contribution in [2.45, 2.75) is 44.6 Å². The zero-order chi connectivity index (χ0) is 13.7. The number of hydrogen-bond donors (Lipinski definition) is 1. The van der Waals surface area contributed by atoms with Gasteiger partial charge in [0.05, 0.1) is 7.11 Å². The van der Waals surface area contributed by atoms with E-state index in [9.17, 15) is 4.39 Å². The quantitative estimate of drug-likeness (QED) is 0.829. The van der Waals surface area contributed by atoms with Crippen LogP contribution in [0.2, 0.25) is 0 Å². The summed E-state index contributed by atoms with van der Waals surface area (Å²) >= 11 is 0. The molecule has 1 N–H and O–H groups in total. The van der Waals surface area contributed by atoms with Gasteiger partial charge in [-0.25, -0.2) is 4.39 Å². The summed E-state index contributed by atoms with van der Waals surface area (Å²) in [5.41, 5.74) is 0.694. The minimum atomic E-state index is -0.164. The molecule has 0 spiro atoms. The molecule has 0 amide bonds. The maximum Gasteiger partial charge on any atom is 0.131 e. The SMILES string of the molecule is CNC(c1c(F)cccc1OC)C1CCCCCC1. The van der Waals surface area contributed by atoms with Gasteiger partial charge in [-0.1, -0.05) is 31.7 Å². The third-order valence-corrected chi connectivity index (χ3v) is 4.23. The van der Waals surface area contributed by atoms with Crippen LogP contribution in [0.4, 0.5) is 4.39 Å². The third kappa shape index (κ3) is 3.27. The fourth-order valence-corrected chi connectivity index (χ4v) is 3.26. The van der Waals surface area contributed by atoms with Crippen LogP contribution in [0.1, 0.15) is 50.1 Å². The lowest BCUT2D eigenvalue weighted by atomic mass is 9.86. The summed E-state index contributed by atoms with van der Waals surface area (Å²) in [7, 11) is 3.53. The molecule has 19 heavy (non-hydrogen) atoms. The second-order valence-electron chi connectivity index (χ2n) is 5.37. The minimum absolute atomic E-state index is 0.0502. The van der Waals surface area contributed by atoms with Crippen molar-refractivity contribution in [3.05, 3.63) is 29.6 Å². The molecule has 0 bridgehead atoms. The Bertz CT molecular complexity index is 400. The highest BCUT2D eigenvalue weighted by Gasteiger charge is 2.27. The second kappa shape index (κ2) is 6.90. The van der Waals surface area contributed by atoms with Crippen molar-refractivity contribution in [3.63, 3.8) is 0 Å². The molecule has 1 aromatic rings. The summed E-state index contributed by atoms with van der Waals surface area (Å²) < 4.78 is 19.6. The number of rotatable bonds is 4. The minimum Gasteiger partial charge on any atom is -0.496 e. The number of nitrogens with one attached hydrogen (secondary N) is 1. The van der Waals surface area contributed by atoms with Crippen LogP contribution >= 0.6 is 0 Å². The standard InChI is InChI=1S/C16H24FNO/c1-18-16(12-8-5-3-4-6-9-12)15-13(17)10-7-11-14(15)19-2/h7,10-12,16,18H,3-6,8-9H2,1-2H3. The average molecular weight is 265 g/mol. The van der Waals surface area contributed by atoms with Crippen LogP contribution < -0.4 is 10.1 Å². The van der Waals surface area contributed by atoms with Gasteiger partial charge in [-0.2, -0.15) is 0 Å². The molecule has 3 heteroatoms. The largest absolute Gasteiger partial charge is 0.496 e. The van der Waals surface area contributed by atoms with Gasteiger partial charge in [0, 0.05) is 11.6 Å². The van der Waals surface area contributed by atoms with E-state index < -0.39 is 0 Å². The van der Waals surface area contributed by atoms with E-state index in [0.29, 0.717) is 17.2 Å². The molecule has 1 aliphatic carbocycles. The molecule has 1 aromatic carbocycles. The first kappa shape index (κ1) is 14.3. The fraction of sp³-hybridized carbons (Fsp3) is 0.625. The maximum absolute atomic E-state index is 14.2. The Kier molecular flexibility index (Phi) is 5.20. The predicted octanol–water partition coefficient (Wildman–Crippen LogP) is 4.07. The Balaban J connectivity index is 2.30. The lowest BCUT2D eigenvalue weighted by molar-refractivity contribution is 0.317. The molecule has 2 rings (SSSR count). The molecule has 0 aromatic heterocycles. The van der Waals surface area contributed by atoms with E-state index in [2.05, 4.69) is 5.32 Å². The van der Waals surface area contributed by atoms with Gasteiger partial charge >= 0.3 is 0 Å². The smallest absolute Gasteiger partial charge is 0.131 e. The van der Waals surface area contributed by atoms with Crippen LogP contribution in [0.5, 0.6) is 5.75 Å². The number of halogens is 1. The van der Waals surface area contributed by atoms with Gasteiger partial charge in [0.25, 0.3) is 0 Å². The van der Waals surface area contributed by atoms with Crippen molar-refractivity contribution >= 4 is 0 Å². The van der Waals surface area contributed by atoms with E-state index in [-0.39, 0.29) is 11.9 Å². The van der Waals surface area contributed by atoms with Gasteiger partial charge in [-0.05, 0) is 37.9 Å². The predicted molar refractivity (Wildman–Crippen MR) is 75.9 cm³/mol. The molecule has 1 atom stereocenters. The van der Waals surface area contributed by atoms with E-state index in [4.69, 9.17) is 4.74 Å². The number of ether oxygens (including phenoxy) is 1. The highest BCUT2D eigenvalue weighted by atomic mass is 19.1. The summed E-state index contributed by atoms with van der Waals surface area (Å²) in [5, 5.41) is 3.31. The Morgan fingerprint density at radius 2 is 1.89 bits per heavy atom. The molecule has 0 aliphatic heterocycles. The van der Waals surface area contributed by atoms with Gasteiger partial charge in [0.15, 0.2) is 0 Å². The highest BCUT2D eigenvalue weighted by molar-refractivity contribution is 5.37. The molecule has 0 radical (unpaired) electrons. The first-order valence-corrected chi connectivity index (χ1v) is 7.27. The summed E-state index contributed by atoms with van der Waals surface area (Å²) in [6.45, 7) is 0. The third-order valence-electron chi connectivity index (χ3n) is 4.23. The normalized spacial score (nSPS) is 18.9. The van der Waals surface area contributed by atoms with Gasteiger partial charge in [0.1, 0.15) is 11.6 Å². The zero-order valence-corrected chi connectivity index (χ0v) is 11.9. The number of hydrogen-bond acceptors (Lipinski definition) is 2. The molecular weight excluding hydrogens is 241 g/mol. The van der Waals surface area contributed by atoms with Crippen molar-refractivity contribution in [2.75, 3.05) is 14.2 Å². The summed E-state index contributed by atoms with van der Waals surface area (Å²) in [4.78, 5) is 0. The number of benzene rings is 1. The van der Waals surface area contributed by atoms with Gasteiger partial charge in [0.2, 0.25) is 0 Å². The van der Waals surface area contributed by atoms with Crippen molar-refractivity contribution in [1.82, 2.24) is 5.32 Å². The van der Waals surface area contributed by atoms with Crippen LogP contribution in [0.25, 0.3) is 0 Å². The van der Waals surface area contributed by atoms with Gasteiger partial charge in [-0.15, -0.1) is 0 Å². The second-order valence-corrected chi connectivity index (χ2v) is 5.37. The summed E-state index contributed by atoms with van der Waals surface area (Å²) in [6.07, 6.45) is 7.45. The lowest BCUT2D eigenvalue weighted by Gasteiger charge is -2.28. The summed E-state index contributed by atoms with van der Waals surface area (Å²) in [6, 6.07) is 5.13. The van der Waals surface area contributed by atoms with E-state index in [1.54, 1.807) is 13.2 Å². The Labute approximate surface area is 115 Å². The molecule has 1 unspecified atom stereocenters. The topological polar surface area (TPSA) is 21.3 Å². The van der Waals surface area contributed by atoms with E-state index in [1.165, 1.54) is 44.6 Å². The van der Waals surface area contributed by atoms with Crippen LogP contribution in [0.15, 0.2) is 18.2 Å². The molecule has 1 aliphatic rings. The van der Waals surface area contributed by atoms with Gasteiger partial charge < -0.3 is 10.1 Å². The van der Waals surface area contributed by atoms with E-state index in [0.717, 1.165) is 0 Å². The maximum atomic E-state index is 14.2. The van der Waals surface area contributed by atoms with Crippen LogP contribution in [-0.4, -0.2) is 14.2 Å². The van der Waals surface area contributed by atoms with Crippen molar-refractivity contribution in [1.29, 1.82) is 0 Å². The van der Waals surface area contributed by atoms with Crippen molar-refractivity contribution in [2.24, 2.45) is 5.92 Å². The molecule has 1 fully saturated rings. The first-order chi connectivity index (χ1) is 9.27. The fourth-order valence-electron chi connectivity index (χ4n) is 3.26. The van der Waals surface area contributed by atoms with Crippen molar-refractivity contribution in [3.8, 4) is 5.75 Å². The molecular formula is C16H24FNO. The van der Waals surface area contributed by atoms with Crippen molar-refractivity contribution < 1.29 is 9.13 Å². The molecule has 2 nitrogen and oxygen atoms in total. The van der Waals surface area contributed by atoms with E-state index in [1.807, 2.05) is 13.1 Å². The monoisotopic (exact) mass is 265 g/mol. The van der Waals surface area contributed by atoms with Crippen LogP contribution in [-0.2, 0) is 0 Å². The summed E-state index contributed by atoms with van der Waals surface area (Å²) in [5.74, 6) is 0.991. The lowest BCUT2D eigenvalue weighted by Crippen LogP contribution is -2.26. The Morgan fingerprint density at radius 3 is 2.47 bits per heavy atom. The van der Waals surface area contributed by atoms with Gasteiger partial charge in [-0.3, -0.25) is 0 Å². The number of methoxy groups -OCH3 is 1. The molecule has 106 valence electrons. The molecule has 0 heterocycles. The zero-order valence-electron chi connectivity index (χ0n) is 11.9.